The molecular weight excluding hydrogens is 258 g/mol. The van der Waals surface area contributed by atoms with Crippen LogP contribution in [0.3, 0.4) is 0 Å². The van der Waals surface area contributed by atoms with Crippen molar-refractivity contribution in [1.82, 2.24) is 10.2 Å². The Labute approximate surface area is 117 Å². The fourth-order valence-electron chi connectivity index (χ4n) is 2.20. The number of methoxy groups -OCH3 is 1. The van der Waals surface area contributed by atoms with Crippen molar-refractivity contribution in [2.75, 3.05) is 7.11 Å². The number of hydrogen-bond donors (Lipinski definition) is 2. The summed E-state index contributed by atoms with van der Waals surface area (Å²) in [5.41, 5.74) is 6.46. The SMILES string of the molecule is COc1cc(CN2C(=O)NC(C)(C)C2=O)ccc1CN. The molecule has 3 N–H and O–H groups in total. The summed E-state index contributed by atoms with van der Waals surface area (Å²) in [6.07, 6.45) is 0. The number of urea groups is 1. The van der Waals surface area contributed by atoms with Crippen molar-refractivity contribution in [3.8, 4) is 5.75 Å². The molecule has 0 bridgehead atoms. The van der Waals surface area contributed by atoms with E-state index in [1.165, 1.54) is 4.90 Å². The van der Waals surface area contributed by atoms with E-state index in [4.69, 9.17) is 10.5 Å². The van der Waals surface area contributed by atoms with Gasteiger partial charge in [0.25, 0.3) is 5.91 Å². The molecule has 1 fully saturated rings. The fourth-order valence-corrected chi connectivity index (χ4v) is 2.20. The molecule has 0 aromatic heterocycles. The number of hydrogen-bond acceptors (Lipinski definition) is 4. The van der Waals surface area contributed by atoms with Gasteiger partial charge in [-0.3, -0.25) is 9.69 Å². The maximum absolute atomic E-state index is 12.1. The summed E-state index contributed by atoms with van der Waals surface area (Å²) in [5.74, 6) is 0.431. The molecule has 3 amide bonds. The lowest BCUT2D eigenvalue weighted by molar-refractivity contribution is -0.130. The predicted molar refractivity (Wildman–Crippen MR) is 74.0 cm³/mol. The minimum atomic E-state index is -0.849. The Balaban J connectivity index is 2.23. The van der Waals surface area contributed by atoms with Crippen LogP contribution in [-0.4, -0.2) is 29.5 Å². The lowest BCUT2D eigenvalue weighted by Crippen LogP contribution is -2.40. The second-order valence-corrected chi connectivity index (χ2v) is 5.30. The molecule has 0 radical (unpaired) electrons. The number of nitrogens with two attached hydrogens (primary N) is 1. The molecule has 1 aliphatic heterocycles. The number of rotatable bonds is 4. The lowest BCUT2D eigenvalue weighted by atomic mass is 10.1. The Morgan fingerprint density at radius 3 is 2.55 bits per heavy atom. The molecular formula is C14H19N3O3. The monoisotopic (exact) mass is 277 g/mol. The molecule has 2 rings (SSSR count). The van der Waals surface area contributed by atoms with Gasteiger partial charge in [0.05, 0.1) is 13.7 Å². The molecule has 1 saturated heterocycles. The zero-order chi connectivity index (χ0) is 14.9. The Bertz CT molecular complexity index is 555. The van der Waals surface area contributed by atoms with Crippen molar-refractivity contribution in [2.45, 2.75) is 32.5 Å². The van der Waals surface area contributed by atoms with Gasteiger partial charge in [-0.25, -0.2) is 4.79 Å². The third-order valence-electron chi connectivity index (χ3n) is 3.36. The van der Waals surface area contributed by atoms with Crippen molar-refractivity contribution in [2.24, 2.45) is 5.73 Å². The van der Waals surface area contributed by atoms with Crippen LogP contribution in [0.5, 0.6) is 5.75 Å². The predicted octanol–water partition coefficient (Wildman–Crippen LogP) is 0.984. The topological polar surface area (TPSA) is 84.7 Å². The molecule has 108 valence electrons. The summed E-state index contributed by atoms with van der Waals surface area (Å²) < 4.78 is 5.25. The minimum Gasteiger partial charge on any atom is -0.496 e. The van der Waals surface area contributed by atoms with Crippen molar-refractivity contribution in [3.05, 3.63) is 29.3 Å². The fraction of sp³-hybridized carbons (Fsp3) is 0.429. The summed E-state index contributed by atoms with van der Waals surface area (Å²) in [6.45, 7) is 3.96. The van der Waals surface area contributed by atoms with Gasteiger partial charge in [0.2, 0.25) is 0 Å². The second kappa shape index (κ2) is 5.13. The molecule has 1 aliphatic rings. The number of nitrogens with one attached hydrogen (secondary N) is 1. The standard InChI is InChI=1S/C14H19N3O3/c1-14(2)12(18)17(13(19)16-14)8-9-4-5-10(7-15)11(6-9)20-3/h4-6H,7-8,15H2,1-3H3,(H,16,19). The third-order valence-corrected chi connectivity index (χ3v) is 3.36. The summed E-state index contributed by atoms with van der Waals surface area (Å²) in [6, 6.07) is 5.12. The molecule has 1 aromatic rings. The third kappa shape index (κ3) is 2.46. The molecule has 20 heavy (non-hydrogen) atoms. The number of imide groups is 1. The van der Waals surface area contributed by atoms with Crippen LogP contribution in [0.25, 0.3) is 0 Å². The van der Waals surface area contributed by atoms with E-state index in [0.717, 1.165) is 11.1 Å². The van der Waals surface area contributed by atoms with E-state index in [9.17, 15) is 9.59 Å². The lowest BCUT2D eigenvalue weighted by Gasteiger charge is -2.17. The van der Waals surface area contributed by atoms with Crippen LogP contribution in [0.2, 0.25) is 0 Å². The van der Waals surface area contributed by atoms with E-state index in [2.05, 4.69) is 5.32 Å². The van der Waals surface area contributed by atoms with Gasteiger partial charge in [-0.15, -0.1) is 0 Å². The summed E-state index contributed by atoms with van der Waals surface area (Å²) in [7, 11) is 1.56. The Morgan fingerprint density at radius 2 is 2.05 bits per heavy atom. The van der Waals surface area contributed by atoms with Gasteiger partial charge in [0.1, 0.15) is 11.3 Å². The van der Waals surface area contributed by atoms with Crippen LogP contribution in [-0.2, 0) is 17.9 Å². The Hall–Kier alpha value is -2.08. The molecule has 0 aliphatic carbocycles. The van der Waals surface area contributed by atoms with Gasteiger partial charge in [-0.05, 0) is 25.5 Å². The quantitative estimate of drug-likeness (QED) is 0.804. The average molecular weight is 277 g/mol. The summed E-state index contributed by atoms with van der Waals surface area (Å²) in [4.78, 5) is 25.1. The molecule has 1 heterocycles. The highest BCUT2D eigenvalue weighted by atomic mass is 16.5. The second-order valence-electron chi connectivity index (χ2n) is 5.30. The first-order chi connectivity index (χ1) is 9.39. The van der Waals surface area contributed by atoms with Gasteiger partial charge >= 0.3 is 6.03 Å². The molecule has 0 atom stereocenters. The zero-order valence-electron chi connectivity index (χ0n) is 11.9. The van der Waals surface area contributed by atoms with E-state index in [0.29, 0.717) is 12.3 Å². The van der Waals surface area contributed by atoms with E-state index in [1.807, 2.05) is 12.1 Å². The molecule has 6 heteroatoms. The molecule has 0 spiro atoms. The van der Waals surface area contributed by atoms with Gasteiger partial charge in [-0.2, -0.15) is 0 Å². The van der Waals surface area contributed by atoms with E-state index >= 15 is 0 Å². The van der Waals surface area contributed by atoms with E-state index < -0.39 is 5.54 Å². The minimum absolute atomic E-state index is 0.218. The van der Waals surface area contributed by atoms with Crippen LogP contribution in [0, 0.1) is 0 Å². The van der Waals surface area contributed by atoms with Crippen LogP contribution in [0.4, 0.5) is 4.79 Å². The highest BCUT2D eigenvalue weighted by molar-refractivity contribution is 6.06. The molecule has 0 unspecified atom stereocenters. The van der Waals surface area contributed by atoms with Crippen molar-refractivity contribution < 1.29 is 14.3 Å². The van der Waals surface area contributed by atoms with Gasteiger partial charge in [0, 0.05) is 12.1 Å². The first-order valence-electron chi connectivity index (χ1n) is 6.39. The maximum atomic E-state index is 12.1. The first-order valence-corrected chi connectivity index (χ1v) is 6.39. The average Bonchev–Trinajstić information content (AvgIpc) is 2.60. The largest absolute Gasteiger partial charge is 0.496 e. The highest BCUT2D eigenvalue weighted by Crippen LogP contribution is 2.23. The summed E-state index contributed by atoms with van der Waals surface area (Å²) >= 11 is 0. The van der Waals surface area contributed by atoms with Crippen LogP contribution >= 0.6 is 0 Å². The first kappa shape index (κ1) is 14.3. The van der Waals surface area contributed by atoms with Crippen molar-refractivity contribution in [3.63, 3.8) is 0 Å². The van der Waals surface area contributed by atoms with Crippen LogP contribution in [0.15, 0.2) is 18.2 Å². The van der Waals surface area contributed by atoms with E-state index in [1.54, 1.807) is 27.0 Å². The molecule has 1 aromatic carbocycles. The molecule has 6 nitrogen and oxygen atoms in total. The smallest absolute Gasteiger partial charge is 0.325 e. The maximum Gasteiger partial charge on any atom is 0.325 e. The van der Waals surface area contributed by atoms with Crippen LogP contribution in [0.1, 0.15) is 25.0 Å². The van der Waals surface area contributed by atoms with Crippen LogP contribution < -0.4 is 15.8 Å². The number of amides is 3. The normalized spacial score (nSPS) is 17.3. The number of ether oxygens (including phenoxy) is 1. The van der Waals surface area contributed by atoms with Crippen molar-refractivity contribution in [1.29, 1.82) is 0 Å². The van der Waals surface area contributed by atoms with E-state index in [-0.39, 0.29) is 18.5 Å². The number of carbonyl (C=O) groups excluding carboxylic acids is 2. The zero-order valence-corrected chi connectivity index (χ0v) is 11.9. The summed E-state index contributed by atoms with van der Waals surface area (Å²) in [5, 5.41) is 2.65. The highest BCUT2D eigenvalue weighted by Gasteiger charge is 2.44. The number of nitrogens with zero attached hydrogens (tertiary/aromatic N) is 1. The Morgan fingerprint density at radius 1 is 1.35 bits per heavy atom. The van der Waals surface area contributed by atoms with Gasteiger partial charge in [0.15, 0.2) is 0 Å². The number of carbonyl (C=O) groups is 2. The number of benzene rings is 1. The molecule has 0 saturated carbocycles. The Kier molecular flexibility index (Phi) is 3.67. The van der Waals surface area contributed by atoms with Crippen molar-refractivity contribution >= 4 is 11.9 Å². The van der Waals surface area contributed by atoms with Gasteiger partial charge in [-0.1, -0.05) is 12.1 Å². The van der Waals surface area contributed by atoms with Gasteiger partial charge < -0.3 is 15.8 Å².